The van der Waals surface area contributed by atoms with E-state index in [1.165, 1.54) is 4.90 Å². The van der Waals surface area contributed by atoms with Gasteiger partial charge in [0.25, 0.3) is 0 Å². The number of carbonyl (C=O) groups excluding carboxylic acids is 1. The van der Waals surface area contributed by atoms with Crippen molar-refractivity contribution in [1.82, 2.24) is 4.90 Å². The number of amides is 1. The molecule has 1 fully saturated rings. The van der Waals surface area contributed by atoms with Crippen LogP contribution in [0.2, 0.25) is 0 Å². The first kappa shape index (κ1) is 11.9. The molecule has 1 aliphatic rings. The SMILES string of the molecule is O=C1CC(Br)CN1CCOS(=O)(=O)O. The minimum atomic E-state index is -4.40. The Morgan fingerprint density at radius 1 is 1.64 bits per heavy atom. The largest absolute Gasteiger partial charge is 0.397 e. The lowest BCUT2D eigenvalue weighted by Gasteiger charge is -2.14. The van der Waals surface area contributed by atoms with Gasteiger partial charge in [0.1, 0.15) is 0 Å². The molecule has 14 heavy (non-hydrogen) atoms. The molecule has 0 spiro atoms. The Hall–Kier alpha value is -0.180. The summed E-state index contributed by atoms with van der Waals surface area (Å²) in [4.78, 5) is 12.8. The Bertz CT molecular complexity index is 316. The van der Waals surface area contributed by atoms with Gasteiger partial charge in [-0.25, -0.2) is 4.18 Å². The minimum Gasteiger partial charge on any atom is -0.339 e. The summed E-state index contributed by atoms with van der Waals surface area (Å²) < 4.78 is 32.7. The zero-order valence-corrected chi connectivity index (χ0v) is 9.62. The molecular formula is C6H10BrNO5S. The van der Waals surface area contributed by atoms with E-state index in [4.69, 9.17) is 4.55 Å². The molecule has 1 rings (SSSR count). The van der Waals surface area contributed by atoms with E-state index in [1.54, 1.807) is 0 Å². The lowest BCUT2D eigenvalue weighted by atomic mass is 10.4. The molecule has 0 bridgehead atoms. The summed E-state index contributed by atoms with van der Waals surface area (Å²) >= 11 is 3.28. The first-order valence-electron chi connectivity index (χ1n) is 3.92. The third-order valence-electron chi connectivity index (χ3n) is 1.76. The van der Waals surface area contributed by atoms with Crippen LogP contribution in [-0.4, -0.2) is 48.3 Å². The minimum absolute atomic E-state index is 0.0502. The van der Waals surface area contributed by atoms with Crippen LogP contribution in [0, 0.1) is 0 Å². The van der Waals surface area contributed by atoms with Gasteiger partial charge in [-0.2, -0.15) is 8.42 Å². The van der Waals surface area contributed by atoms with Gasteiger partial charge in [0.2, 0.25) is 5.91 Å². The van der Waals surface area contributed by atoms with Crippen molar-refractivity contribution < 1.29 is 21.9 Å². The third kappa shape index (κ3) is 3.91. The number of halogens is 1. The van der Waals surface area contributed by atoms with E-state index in [2.05, 4.69) is 20.1 Å². The molecule has 1 atom stereocenters. The molecule has 0 aromatic carbocycles. The normalized spacial score (nSPS) is 23.1. The molecule has 82 valence electrons. The summed E-state index contributed by atoms with van der Waals surface area (Å²) in [6.07, 6.45) is 0.409. The van der Waals surface area contributed by atoms with Crippen molar-refractivity contribution in [3.05, 3.63) is 0 Å². The van der Waals surface area contributed by atoms with E-state index in [9.17, 15) is 13.2 Å². The number of alkyl halides is 1. The molecular weight excluding hydrogens is 278 g/mol. The van der Waals surface area contributed by atoms with Crippen molar-refractivity contribution in [2.75, 3.05) is 19.7 Å². The molecule has 1 saturated heterocycles. The van der Waals surface area contributed by atoms with E-state index < -0.39 is 10.4 Å². The lowest BCUT2D eigenvalue weighted by Crippen LogP contribution is -2.29. The van der Waals surface area contributed by atoms with Crippen LogP contribution in [0.4, 0.5) is 0 Å². The van der Waals surface area contributed by atoms with E-state index in [0.29, 0.717) is 13.0 Å². The molecule has 1 heterocycles. The van der Waals surface area contributed by atoms with Crippen molar-refractivity contribution in [3.63, 3.8) is 0 Å². The van der Waals surface area contributed by atoms with Crippen LogP contribution in [0.3, 0.4) is 0 Å². The standard InChI is InChI=1S/C6H10BrNO5S/c7-5-3-6(9)8(4-5)1-2-13-14(10,11)12/h5H,1-4H2,(H,10,11,12). The molecule has 0 aromatic heterocycles. The molecule has 1 unspecified atom stereocenters. The van der Waals surface area contributed by atoms with Gasteiger partial charge in [0.05, 0.1) is 6.61 Å². The van der Waals surface area contributed by atoms with Gasteiger partial charge in [-0.1, -0.05) is 15.9 Å². The van der Waals surface area contributed by atoms with Crippen LogP contribution in [0.15, 0.2) is 0 Å². The van der Waals surface area contributed by atoms with Gasteiger partial charge in [-0.15, -0.1) is 0 Å². The maximum atomic E-state index is 11.2. The predicted octanol–water partition coefficient (Wildman–Crippen LogP) is -0.198. The summed E-state index contributed by atoms with van der Waals surface area (Å²) in [6, 6.07) is 0. The van der Waals surface area contributed by atoms with Crippen molar-refractivity contribution in [2.24, 2.45) is 0 Å². The van der Waals surface area contributed by atoms with Gasteiger partial charge < -0.3 is 4.90 Å². The molecule has 0 aromatic rings. The number of hydrogen-bond donors (Lipinski definition) is 1. The highest BCUT2D eigenvalue weighted by Gasteiger charge is 2.27. The smallest absolute Gasteiger partial charge is 0.339 e. The fraction of sp³-hybridized carbons (Fsp3) is 0.833. The highest BCUT2D eigenvalue weighted by molar-refractivity contribution is 9.09. The quantitative estimate of drug-likeness (QED) is 0.572. The predicted molar refractivity (Wildman–Crippen MR) is 51.4 cm³/mol. The Balaban J connectivity index is 2.29. The maximum absolute atomic E-state index is 11.2. The van der Waals surface area contributed by atoms with Crippen LogP contribution in [0.1, 0.15) is 6.42 Å². The Morgan fingerprint density at radius 3 is 2.71 bits per heavy atom. The summed E-state index contributed by atoms with van der Waals surface area (Å²) in [5.74, 6) is -0.0502. The average Bonchev–Trinajstić information content (AvgIpc) is 2.27. The van der Waals surface area contributed by atoms with Crippen LogP contribution >= 0.6 is 15.9 Å². The van der Waals surface area contributed by atoms with E-state index in [1.807, 2.05) is 0 Å². The van der Waals surface area contributed by atoms with Gasteiger partial charge >= 0.3 is 10.4 Å². The van der Waals surface area contributed by atoms with E-state index in [0.717, 1.165) is 0 Å². The van der Waals surface area contributed by atoms with Crippen molar-refractivity contribution in [1.29, 1.82) is 0 Å². The number of nitrogens with zero attached hydrogens (tertiary/aromatic N) is 1. The fourth-order valence-corrected chi connectivity index (χ4v) is 2.10. The lowest BCUT2D eigenvalue weighted by molar-refractivity contribution is -0.128. The first-order chi connectivity index (χ1) is 6.38. The highest BCUT2D eigenvalue weighted by Crippen LogP contribution is 2.17. The molecule has 0 saturated carbocycles. The topological polar surface area (TPSA) is 83.9 Å². The molecule has 8 heteroatoms. The Labute approximate surface area is 90.3 Å². The van der Waals surface area contributed by atoms with Gasteiger partial charge in [0.15, 0.2) is 0 Å². The van der Waals surface area contributed by atoms with Gasteiger partial charge in [0, 0.05) is 24.3 Å². The second-order valence-electron chi connectivity index (χ2n) is 2.89. The van der Waals surface area contributed by atoms with Crippen molar-refractivity contribution in [3.8, 4) is 0 Å². The Morgan fingerprint density at radius 2 is 2.29 bits per heavy atom. The first-order valence-corrected chi connectivity index (χ1v) is 6.20. The van der Waals surface area contributed by atoms with Crippen LogP contribution in [0.5, 0.6) is 0 Å². The summed E-state index contributed by atoms with van der Waals surface area (Å²) in [7, 11) is -4.40. The Kier molecular flexibility index (Phi) is 3.87. The zero-order valence-electron chi connectivity index (χ0n) is 7.22. The molecule has 1 aliphatic heterocycles. The number of carbonyl (C=O) groups is 1. The molecule has 0 radical (unpaired) electrons. The zero-order chi connectivity index (χ0) is 10.8. The fourth-order valence-electron chi connectivity index (χ4n) is 1.19. The number of hydrogen-bond acceptors (Lipinski definition) is 4. The maximum Gasteiger partial charge on any atom is 0.397 e. The summed E-state index contributed by atoms with van der Waals surface area (Å²) in [5.41, 5.74) is 0. The van der Waals surface area contributed by atoms with Gasteiger partial charge in [-0.3, -0.25) is 9.35 Å². The monoisotopic (exact) mass is 287 g/mol. The van der Waals surface area contributed by atoms with Crippen LogP contribution in [-0.2, 0) is 19.4 Å². The highest BCUT2D eigenvalue weighted by atomic mass is 79.9. The number of likely N-dealkylation sites (tertiary alicyclic amines) is 1. The van der Waals surface area contributed by atoms with Crippen LogP contribution in [0.25, 0.3) is 0 Å². The molecule has 1 amide bonds. The van der Waals surface area contributed by atoms with Crippen molar-refractivity contribution >= 4 is 32.2 Å². The number of rotatable bonds is 4. The molecule has 1 N–H and O–H groups in total. The van der Waals surface area contributed by atoms with Crippen molar-refractivity contribution in [2.45, 2.75) is 11.2 Å². The summed E-state index contributed by atoms with van der Waals surface area (Å²) in [5, 5.41) is 0. The second-order valence-corrected chi connectivity index (χ2v) is 5.28. The van der Waals surface area contributed by atoms with E-state index in [-0.39, 0.29) is 23.9 Å². The second kappa shape index (κ2) is 4.56. The molecule has 0 aliphatic carbocycles. The summed E-state index contributed by atoms with van der Waals surface area (Å²) in [6.45, 7) is 0.485. The van der Waals surface area contributed by atoms with E-state index >= 15 is 0 Å². The molecule has 6 nitrogen and oxygen atoms in total. The third-order valence-corrected chi connectivity index (χ3v) is 2.84. The van der Waals surface area contributed by atoms with Crippen LogP contribution < -0.4 is 0 Å². The van der Waals surface area contributed by atoms with Gasteiger partial charge in [-0.05, 0) is 0 Å². The average molecular weight is 288 g/mol.